The van der Waals surface area contributed by atoms with Crippen LogP contribution >= 0.6 is 0 Å². The summed E-state index contributed by atoms with van der Waals surface area (Å²) in [4.78, 5) is 30.6. The minimum Gasteiger partial charge on any atom is -0.455 e. The molecule has 3 aliphatic heterocycles. The molecule has 234 valence electrons. The molecule has 1 unspecified atom stereocenters. The third kappa shape index (κ3) is 5.95. The summed E-state index contributed by atoms with van der Waals surface area (Å²) < 4.78 is 90.4. The zero-order valence-corrected chi connectivity index (χ0v) is 24.2. The Labute approximate surface area is 250 Å². The number of carbonyl (C=O) groups is 2. The molecule has 3 aromatic rings. The molecule has 11 nitrogen and oxygen atoms in total. The summed E-state index contributed by atoms with van der Waals surface area (Å²) in [5.41, 5.74) is -2.09. The third-order valence-corrected chi connectivity index (χ3v) is 9.90. The van der Waals surface area contributed by atoms with Gasteiger partial charge in [-0.05, 0) is 56.0 Å². The van der Waals surface area contributed by atoms with Gasteiger partial charge >= 0.3 is 6.18 Å². The number of nitrogens with zero attached hydrogens (tertiary/aromatic N) is 3. The number of sulfone groups is 1. The summed E-state index contributed by atoms with van der Waals surface area (Å²) in [6.07, 6.45) is -3.21. The number of imide groups is 1. The molecule has 0 radical (unpaired) electrons. The Morgan fingerprint density at radius 3 is 2.55 bits per heavy atom. The van der Waals surface area contributed by atoms with Crippen LogP contribution in [0.4, 0.5) is 13.2 Å². The number of amides is 2. The van der Waals surface area contributed by atoms with Crippen molar-refractivity contribution in [2.45, 2.75) is 55.8 Å². The van der Waals surface area contributed by atoms with E-state index < -0.39 is 44.8 Å². The Bertz CT molecular complexity index is 1680. The molecule has 44 heavy (non-hydrogen) atoms. The Kier molecular flexibility index (Phi) is 7.96. The fraction of sp³-hybridized carbons (Fsp3) is 0.448. The van der Waals surface area contributed by atoms with Crippen LogP contribution in [-0.4, -0.2) is 67.0 Å². The van der Waals surface area contributed by atoms with E-state index in [1.54, 1.807) is 0 Å². The van der Waals surface area contributed by atoms with Crippen molar-refractivity contribution >= 4 is 21.7 Å². The van der Waals surface area contributed by atoms with Crippen molar-refractivity contribution in [1.82, 2.24) is 15.0 Å². The molecule has 1 atom stereocenters. The third-order valence-electron chi connectivity index (χ3n) is 8.08. The largest absolute Gasteiger partial charge is 0.455 e. The Balaban J connectivity index is 1.24. The standard InChI is InChI=1S/C29H28F3N3O8S/c30-29(31,32)20-14-18(26-33-24(43-34-26)16-35-25(36)15-28(27(35)37)9-12-40-13-10-28)7-8-21(20)42-22-5-1-2-6-23(22)44(38,39)17-19-4-3-11-41-19/h1-2,5-8,14,19H,3-4,9-13,15-17H2. The molecule has 3 aliphatic rings. The minimum absolute atomic E-state index is 0.0470. The molecule has 1 aromatic heterocycles. The van der Waals surface area contributed by atoms with E-state index in [2.05, 4.69) is 10.1 Å². The predicted octanol–water partition coefficient (Wildman–Crippen LogP) is 4.56. The van der Waals surface area contributed by atoms with E-state index in [1.807, 2.05) is 0 Å². The number of hydrogen-bond acceptors (Lipinski definition) is 10. The zero-order valence-electron chi connectivity index (χ0n) is 23.3. The molecule has 0 bridgehead atoms. The van der Waals surface area contributed by atoms with E-state index in [9.17, 15) is 31.2 Å². The van der Waals surface area contributed by atoms with Gasteiger partial charge in [-0.3, -0.25) is 14.5 Å². The molecule has 1 spiro atoms. The molecule has 0 aliphatic carbocycles. The minimum atomic E-state index is -4.89. The van der Waals surface area contributed by atoms with Gasteiger partial charge in [0, 0.05) is 31.8 Å². The average molecular weight is 636 g/mol. The van der Waals surface area contributed by atoms with E-state index in [4.69, 9.17) is 18.7 Å². The lowest BCUT2D eigenvalue weighted by molar-refractivity contribution is -0.145. The first-order chi connectivity index (χ1) is 21.0. The van der Waals surface area contributed by atoms with Crippen molar-refractivity contribution in [3.05, 3.63) is 53.9 Å². The number of halogens is 3. The maximum Gasteiger partial charge on any atom is 0.420 e. The maximum absolute atomic E-state index is 14.2. The highest BCUT2D eigenvalue weighted by Crippen LogP contribution is 2.43. The van der Waals surface area contributed by atoms with Gasteiger partial charge in [-0.25, -0.2) is 8.42 Å². The van der Waals surface area contributed by atoms with Gasteiger partial charge in [0.2, 0.25) is 23.5 Å². The van der Waals surface area contributed by atoms with Crippen molar-refractivity contribution in [3.8, 4) is 22.9 Å². The molecule has 15 heteroatoms. The monoisotopic (exact) mass is 635 g/mol. The van der Waals surface area contributed by atoms with E-state index in [1.165, 1.54) is 30.3 Å². The van der Waals surface area contributed by atoms with Gasteiger partial charge in [0.15, 0.2) is 9.84 Å². The first kappa shape index (κ1) is 30.2. The number of carbonyl (C=O) groups excluding carboxylic acids is 2. The van der Waals surface area contributed by atoms with E-state index in [-0.39, 0.29) is 52.5 Å². The van der Waals surface area contributed by atoms with Crippen LogP contribution in [0.2, 0.25) is 0 Å². The van der Waals surface area contributed by atoms with Gasteiger partial charge in [-0.1, -0.05) is 17.3 Å². The van der Waals surface area contributed by atoms with Crippen molar-refractivity contribution in [1.29, 1.82) is 0 Å². The molecular formula is C29H28F3N3O8S. The fourth-order valence-corrected chi connectivity index (χ4v) is 7.38. The summed E-state index contributed by atoms with van der Waals surface area (Å²) >= 11 is 0. The number of rotatable bonds is 8. The normalized spacial score (nSPS) is 20.5. The van der Waals surface area contributed by atoms with Gasteiger partial charge in [0.05, 0.1) is 22.8 Å². The van der Waals surface area contributed by atoms with Crippen LogP contribution < -0.4 is 4.74 Å². The number of alkyl halides is 3. The summed E-state index contributed by atoms with van der Waals surface area (Å²) in [7, 11) is -3.94. The van der Waals surface area contributed by atoms with Crippen molar-refractivity contribution < 1.29 is 49.9 Å². The second kappa shape index (κ2) is 11.6. The second-order valence-corrected chi connectivity index (χ2v) is 13.0. The smallest absolute Gasteiger partial charge is 0.420 e. The van der Waals surface area contributed by atoms with Crippen molar-refractivity contribution in [2.24, 2.45) is 5.41 Å². The first-order valence-corrected chi connectivity index (χ1v) is 15.7. The number of likely N-dealkylation sites (tertiary alicyclic amines) is 1. The van der Waals surface area contributed by atoms with Crippen LogP contribution in [-0.2, 0) is 41.6 Å². The van der Waals surface area contributed by atoms with Crippen LogP contribution in [0.1, 0.15) is 43.6 Å². The van der Waals surface area contributed by atoms with Gasteiger partial charge in [0.25, 0.3) is 0 Å². The molecule has 6 rings (SSSR count). The fourth-order valence-electron chi connectivity index (χ4n) is 5.74. The van der Waals surface area contributed by atoms with Crippen molar-refractivity contribution in [3.63, 3.8) is 0 Å². The first-order valence-electron chi connectivity index (χ1n) is 14.0. The Hall–Kier alpha value is -3.82. The second-order valence-electron chi connectivity index (χ2n) is 11.0. The Morgan fingerprint density at radius 2 is 1.82 bits per heavy atom. The van der Waals surface area contributed by atoms with E-state index >= 15 is 0 Å². The Morgan fingerprint density at radius 1 is 1.05 bits per heavy atom. The number of aromatic nitrogens is 2. The molecule has 0 N–H and O–H groups in total. The van der Waals surface area contributed by atoms with Crippen LogP contribution in [0.3, 0.4) is 0 Å². The summed E-state index contributed by atoms with van der Waals surface area (Å²) in [6, 6.07) is 8.56. The highest BCUT2D eigenvalue weighted by atomic mass is 32.2. The molecule has 3 saturated heterocycles. The lowest BCUT2D eigenvalue weighted by Crippen LogP contribution is -2.38. The molecular weight excluding hydrogens is 607 g/mol. The predicted molar refractivity (Wildman–Crippen MR) is 145 cm³/mol. The van der Waals surface area contributed by atoms with E-state index in [0.717, 1.165) is 23.5 Å². The topological polar surface area (TPSA) is 138 Å². The van der Waals surface area contributed by atoms with Gasteiger partial charge in [-0.15, -0.1) is 0 Å². The highest BCUT2D eigenvalue weighted by molar-refractivity contribution is 7.91. The SMILES string of the molecule is O=C1CC2(CCOCC2)C(=O)N1Cc1nc(-c2ccc(Oc3ccccc3S(=O)(=O)CC3CCCO3)c(C(F)(F)F)c2)no1. The van der Waals surface area contributed by atoms with Crippen LogP contribution in [0, 0.1) is 5.41 Å². The molecule has 0 saturated carbocycles. The molecule has 2 aromatic carbocycles. The van der Waals surface area contributed by atoms with Gasteiger partial charge in [0.1, 0.15) is 22.9 Å². The lowest BCUT2D eigenvalue weighted by atomic mass is 9.79. The van der Waals surface area contributed by atoms with Gasteiger partial charge < -0.3 is 18.7 Å². The highest BCUT2D eigenvalue weighted by Gasteiger charge is 2.52. The summed E-state index contributed by atoms with van der Waals surface area (Å²) in [5.74, 6) is -2.27. The number of hydrogen-bond donors (Lipinski definition) is 0. The summed E-state index contributed by atoms with van der Waals surface area (Å²) in [6.45, 7) is 0.884. The van der Waals surface area contributed by atoms with Crippen LogP contribution in [0.5, 0.6) is 11.5 Å². The number of para-hydroxylation sites is 1. The van der Waals surface area contributed by atoms with Gasteiger partial charge in [-0.2, -0.15) is 18.2 Å². The van der Waals surface area contributed by atoms with Crippen molar-refractivity contribution in [2.75, 3.05) is 25.6 Å². The maximum atomic E-state index is 14.2. The molecule has 3 fully saturated rings. The lowest BCUT2D eigenvalue weighted by Gasteiger charge is -2.30. The number of benzene rings is 2. The quantitative estimate of drug-likeness (QED) is 0.324. The zero-order chi connectivity index (χ0) is 31.1. The van der Waals surface area contributed by atoms with Crippen LogP contribution in [0.25, 0.3) is 11.4 Å². The summed E-state index contributed by atoms with van der Waals surface area (Å²) in [5, 5.41) is 3.76. The molecule has 4 heterocycles. The van der Waals surface area contributed by atoms with Crippen LogP contribution in [0.15, 0.2) is 51.9 Å². The average Bonchev–Trinajstić information content (AvgIpc) is 3.72. The number of ether oxygens (including phenoxy) is 3. The van der Waals surface area contributed by atoms with E-state index in [0.29, 0.717) is 39.1 Å². The molecule has 2 amide bonds.